The number of carbonyl (C=O) groups is 4. The van der Waals surface area contributed by atoms with E-state index < -0.39 is 42.0 Å². The summed E-state index contributed by atoms with van der Waals surface area (Å²) < 4.78 is 0. The fraction of sp³-hybridized carbons (Fsp3) is 0.556. The molecule has 8 N–H and O–H groups in total. The zero-order chi connectivity index (χ0) is 27.8. The summed E-state index contributed by atoms with van der Waals surface area (Å²) in [6.45, 7) is 4.43. The molecule has 2 aromatic rings. The number of aliphatic carboxylic acids is 1. The van der Waals surface area contributed by atoms with E-state index in [0.717, 1.165) is 16.5 Å². The number of nitrogens with zero attached hydrogens (tertiary/aromatic N) is 1. The molecule has 4 unspecified atom stereocenters. The third-order valence-corrected chi connectivity index (χ3v) is 7.08. The molecule has 11 nitrogen and oxygen atoms in total. The summed E-state index contributed by atoms with van der Waals surface area (Å²) in [5.41, 5.74) is 13.6. The smallest absolute Gasteiger partial charge is 0.326 e. The lowest BCUT2D eigenvalue weighted by molar-refractivity contribution is -0.145. The summed E-state index contributed by atoms with van der Waals surface area (Å²) in [5, 5.41) is 15.9. The van der Waals surface area contributed by atoms with E-state index in [1.165, 1.54) is 4.90 Å². The number of hydrogen-bond acceptors (Lipinski definition) is 6. The summed E-state index contributed by atoms with van der Waals surface area (Å²) in [4.78, 5) is 55.8. The number of aromatic nitrogens is 1. The fourth-order valence-electron chi connectivity index (χ4n) is 4.90. The molecular formula is C27H40N6O5. The predicted octanol–water partition coefficient (Wildman–Crippen LogP) is 0.868. The van der Waals surface area contributed by atoms with E-state index in [0.29, 0.717) is 45.2 Å². The normalized spacial score (nSPS) is 17.8. The van der Waals surface area contributed by atoms with Crippen molar-refractivity contribution in [1.82, 2.24) is 20.5 Å². The molecule has 2 heterocycles. The number of carboxylic acids is 1. The van der Waals surface area contributed by atoms with E-state index in [2.05, 4.69) is 15.6 Å². The monoisotopic (exact) mass is 528 g/mol. The highest BCUT2D eigenvalue weighted by molar-refractivity contribution is 5.95. The van der Waals surface area contributed by atoms with Crippen LogP contribution in [0.25, 0.3) is 10.9 Å². The summed E-state index contributed by atoms with van der Waals surface area (Å²) in [6.07, 6.45) is 4.64. The molecule has 0 radical (unpaired) electrons. The van der Waals surface area contributed by atoms with Crippen LogP contribution in [0.2, 0.25) is 0 Å². The van der Waals surface area contributed by atoms with Gasteiger partial charge in [0, 0.05) is 23.6 Å². The first kappa shape index (κ1) is 29.1. The molecule has 1 aliphatic heterocycles. The van der Waals surface area contributed by atoms with Gasteiger partial charge in [-0.3, -0.25) is 14.4 Å². The number of carbonyl (C=O) groups excluding carboxylic acids is 3. The standard InChI is InChI=1S/C27H40N6O5/c1-16(2)23(32-24(34)19(29)14-17-15-30-20-9-4-3-8-18(17)20)26(36)33-13-7-11-22(33)25(35)31-21(27(37)38)10-5-6-12-28/h3-4,8-9,15-16,19,21-23,30H,5-7,10-14,28-29H2,1-2H3,(H,31,35)(H,32,34)(H,37,38). The van der Waals surface area contributed by atoms with Crippen LogP contribution in [0.5, 0.6) is 0 Å². The molecule has 3 amide bonds. The molecule has 0 aliphatic carbocycles. The van der Waals surface area contributed by atoms with Gasteiger partial charge in [-0.05, 0) is 62.6 Å². The van der Waals surface area contributed by atoms with Gasteiger partial charge < -0.3 is 37.1 Å². The van der Waals surface area contributed by atoms with Gasteiger partial charge in [0.05, 0.1) is 6.04 Å². The number of rotatable bonds is 13. The van der Waals surface area contributed by atoms with Gasteiger partial charge in [0.25, 0.3) is 0 Å². The minimum atomic E-state index is -1.12. The molecule has 1 aromatic carbocycles. The van der Waals surface area contributed by atoms with E-state index in [9.17, 15) is 24.3 Å². The molecule has 1 aromatic heterocycles. The van der Waals surface area contributed by atoms with Gasteiger partial charge in [-0.15, -0.1) is 0 Å². The van der Waals surface area contributed by atoms with Crippen LogP contribution >= 0.6 is 0 Å². The average Bonchev–Trinajstić information content (AvgIpc) is 3.53. The van der Waals surface area contributed by atoms with Gasteiger partial charge in [0.15, 0.2) is 0 Å². The fourth-order valence-corrected chi connectivity index (χ4v) is 4.90. The molecule has 4 atom stereocenters. The molecule has 38 heavy (non-hydrogen) atoms. The topological polar surface area (TPSA) is 184 Å². The third kappa shape index (κ3) is 7.11. The lowest BCUT2D eigenvalue weighted by atomic mass is 10.00. The van der Waals surface area contributed by atoms with Crippen molar-refractivity contribution in [2.24, 2.45) is 17.4 Å². The highest BCUT2D eigenvalue weighted by atomic mass is 16.4. The number of aromatic amines is 1. The molecule has 11 heteroatoms. The first-order valence-corrected chi connectivity index (χ1v) is 13.3. The number of para-hydroxylation sites is 1. The summed E-state index contributed by atoms with van der Waals surface area (Å²) in [5.74, 6) is -2.70. The Morgan fingerprint density at radius 2 is 1.89 bits per heavy atom. The van der Waals surface area contributed by atoms with Crippen LogP contribution in [0.3, 0.4) is 0 Å². The SMILES string of the molecule is CC(C)C(NC(=O)C(N)Cc1c[nH]c2ccccc12)C(=O)N1CCCC1C(=O)NC(CCCCN)C(=O)O. The van der Waals surface area contributed by atoms with E-state index in [1.54, 1.807) is 0 Å². The number of hydrogen-bond donors (Lipinski definition) is 6. The Balaban J connectivity index is 1.65. The summed E-state index contributed by atoms with van der Waals surface area (Å²) in [6, 6.07) is 4.16. The Bertz CT molecular complexity index is 1130. The van der Waals surface area contributed by atoms with Crippen molar-refractivity contribution in [3.05, 3.63) is 36.0 Å². The van der Waals surface area contributed by atoms with Crippen LogP contribution in [0, 0.1) is 5.92 Å². The second-order valence-corrected chi connectivity index (χ2v) is 10.3. The second kappa shape index (κ2) is 13.4. The van der Waals surface area contributed by atoms with Crippen LogP contribution in [0.4, 0.5) is 0 Å². The lowest BCUT2D eigenvalue weighted by Gasteiger charge is -2.31. The Morgan fingerprint density at radius 1 is 1.16 bits per heavy atom. The minimum Gasteiger partial charge on any atom is -0.480 e. The number of H-pyrrole nitrogens is 1. The van der Waals surface area contributed by atoms with E-state index >= 15 is 0 Å². The van der Waals surface area contributed by atoms with Crippen molar-refractivity contribution in [3.63, 3.8) is 0 Å². The Labute approximate surface area is 222 Å². The highest BCUT2D eigenvalue weighted by Crippen LogP contribution is 2.22. The van der Waals surface area contributed by atoms with Crippen LogP contribution in [-0.4, -0.2) is 75.9 Å². The maximum absolute atomic E-state index is 13.5. The van der Waals surface area contributed by atoms with Gasteiger partial charge in [-0.25, -0.2) is 4.79 Å². The molecule has 1 fully saturated rings. The van der Waals surface area contributed by atoms with Gasteiger partial charge in [0.2, 0.25) is 17.7 Å². The largest absolute Gasteiger partial charge is 0.480 e. The zero-order valence-electron chi connectivity index (χ0n) is 22.1. The molecule has 1 aliphatic rings. The third-order valence-electron chi connectivity index (χ3n) is 7.08. The van der Waals surface area contributed by atoms with Gasteiger partial charge >= 0.3 is 5.97 Å². The molecule has 208 valence electrons. The van der Waals surface area contributed by atoms with Crippen LogP contribution in [-0.2, 0) is 25.6 Å². The Morgan fingerprint density at radius 3 is 2.58 bits per heavy atom. The molecule has 0 saturated carbocycles. The van der Waals surface area contributed by atoms with E-state index in [1.807, 2.05) is 44.3 Å². The van der Waals surface area contributed by atoms with Gasteiger partial charge in [0.1, 0.15) is 18.1 Å². The number of unbranched alkanes of at least 4 members (excludes halogenated alkanes) is 1. The van der Waals surface area contributed by atoms with Gasteiger partial charge in [-0.2, -0.15) is 0 Å². The zero-order valence-corrected chi connectivity index (χ0v) is 22.1. The van der Waals surface area contributed by atoms with Gasteiger partial charge in [-0.1, -0.05) is 32.0 Å². The first-order chi connectivity index (χ1) is 18.1. The number of carboxylic acid groups (broad SMARTS) is 1. The first-order valence-electron chi connectivity index (χ1n) is 13.3. The summed E-state index contributed by atoms with van der Waals surface area (Å²) >= 11 is 0. The highest BCUT2D eigenvalue weighted by Gasteiger charge is 2.40. The van der Waals surface area contributed by atoms with E-state index in [-0.39, 0.29) is 18.2 Å². The van der Waals surface area contributed by atoms with Crippen molar-refractivity contribution >= 4 is 34.6 Å². The lowest BCUT2D eigenvalue weighted by Crippen LogP contribution is -2.58. The molecule has 0 spiro atoms. The maximum atomic E-state index is 13.5. The molecule has 1 saturated heterocycles. The van der Waals surface area contributed by atoms with Crippen LogP contribution < -0.4 is 22.1 Å². The van der Waals surface area contributed by atoms with Crippen molar-refractivity contribution in [1.29, 1.82) is 0 Å². The Hall–Kier alpha value is -3.44. The van der Waals surface area contributed by atoms with Crippen molar-refractivity contribution in [3.8, 4) is 0 Å². The van der Waals surface area contributed by atoms with Crippen molar-refractivity contribution in [2.75, 3.05) is 13.1 Å². The number of amides is 3. The minimum absolute atomic E-state index is 0.251. The molecular weight excluding hydrogens is 488 g/mol. The summed E-state index contributed by atoms with van der Waals surface area (Å²) in [7, 11) is 0. The number of nitrogens with one attached hydrogen (secondary N) is 3. The number of benzene rings is 1. The number of fused-ring (bicyclic) bond motifs is 1. The Kier molecular flexibility index (Phi) is 10.3. The number of likely N-dealkylation sites (tertiary alicyclic amines) is 1. The second-order valence-electron chi connectivity index (χ2n) is 10.3. The van der Waals surface area contributed by atoms with E-state index in [4.69, 9.17) is 11.5 Å². The molecule has 3 rings (SSSR count). The number of nitrogens with two attached hydrogens (primary N) is 2. The van der Waals surface area contributed by atoms with Crippen molar-refractivity contribution < 1.29 is 24.3 Å². The van der Waals surface area contributed by atoms with Crippen molar-refractivity contribution in [2.45, 2.75) is 76.5 Å². The van der Waals surface area contributed by atoms with Crippen LogP contribution in [0.15, 0.2) is 30.5 Å². The van der Waals surface area contributed by atoms with Crippen LogP contribution in [0.1, 0.15) is 51.5 Å². The molecule has 0 bridgehead atoms. The average molecular weight is 529 g/mol. The maximum Gasteiger partial charge on any atom is 0.326 e. The quantitative estimate of drug-likeness (QED) is 0.208. The predicted molar refractivity (Wildman–Crippen MR) is 144 cm³/mol.